The van der Waals surface area contributed by atoms with Gasteiger partial charge in [-0.2, -0.15) is 0 Å². The van der Waals surface area contributed by atoms with E-state index in [1.54, 1.807) is 24.1 Å². The monoisotopic (exact) mass is 296 g/mol. The SMILES string of the molecule is CN1C(=O)Cc2cc(NC(=O)OCc3ccccc3)ccc21. The second-order valence-corrected chi connectivity index (χ2v) is 5.16. The molecule has 0 atom stereocenters. The number of ether oxygens (including phenoxy) is 1. The molecule has 0 saturated heterocycles. The number of anilines is 2. The average molecular weight is 296 g/mol. The normalized spacial score (nSPS) is 13.0. The Balaban J connectivity index is 1.61. The van der Waals surface area contributed by atoms with E-state index < -0.39 is 6.09 Å². The predicted octanol–water partition coefficient (Wildman–Crippen LogP) is 2.95. The van der Waals surface area contributed by atoms with Crippen molar-refractivity contribution < 1.29 is 14.3 Å². The van der Waals surface area contributed by atoms with Gasteiger partial charge in [-0.05, 0) is 29.3 Å². The number of amides is 2. The maximum absolute atomic E-state index is 11.8. The van der Waals surface area contributed by atoms with Gasteiger partial charge < -0.3 is 9.64 Å². The van der Waals surface area contributed by atoms with E-state index in [4.69, 9.17) is 4.74 Å². The third-order valence-electron chi connectivity index (χ3n) is 3.62. The lowest BCUT2D eigenvalue weighted by Crippen LogP contribution is -2.20. The number of benzene rings is 2. The first-order valence-corrected chi connectivity index (χ1v) is 7.00. The summed E-state index contributed by atoms with van der Waals surface area (Å²) in [6, 6.07) is 14.9. The minimum atomic E-state index is -0.513. The smallest absolute Gasteiger partial charge is 0.411 e. The van der Waals surface area contributed by atoms with Gasteiger partial charge in [0.2, 0.25) is 5.91 Å². The molecule has 0 radical (unpaired) electrons. The Morgan fingerprint density at radius 2 is 2.00 bits per heavy atom. The molecule has 1 N–H and O–H groups in total. The Hall–Kier alpha value is -2.82. The number of likely N-dealkylation sites (N-methyl/N-ethyl adjacent to an activating group) is 1. The van der Waals surface area contributed by atoms with Crippen LogP contribution in [0.25, 0.3) is 0 Å². The number of carbonyl (C=O) groups excluding carboxylic acids is 2. The van der Waals surface area contributed by atoms with Crippen LogP contribution in [0.1, 0.15) is 11.1 Å². The molecule has 0 aliphatic carbocycles. The molecule has 0 spiro atoms. The number of fused-ring (bicyclic) bond motifs is 1. The fourth-order valence-corrected chi connectivity index (χ4v) is 2.42. The lowest BCUT2D eigenvalue weighted by atomic mass is 10.1. The van der Waals surface area contributed by atoms with Crippen LogP contribution < -0.4 is 10.2 Å². The van der Waals surface area contributed by atoms with Gasteiger partial charge in [-0.25, -0.2) is 4.79 Å². The maximum Gasteiger partial charge on any atom is 0.411 e. The van der Waals surface area contributed by atoms with E-state index in [0.717, 1.165) is 16.8 Å². The number of nitrogens with one attached hydrogen (secondary N) is 1. The minimum absolute atomic E-state index is 0.0544. The molecular formula is C17H16N2O3. The van der Waals surface area contributed by atoms with Crippen molar-refractivity contribution in [3.8, 4) is 0 Å². The molecule has 3 rings (SSSR count). The largest absolute Gasteiger partial charge is 0.444 e. The number of hydrogen-bond donors (Lipinski definition) is 1. The van der Waals surface area contributed by atoms with E-state index in [-0.39, 0.29) is 12.5 Å². The summed E-state index contributed by atoms with van der Waals surface area (Å²) >= 11 is 0. The summed E-state index contributed by atoms with van der Waals surface area (Å²) < 4.78 is 5.17. The first-order chi connectivity index (χ1) is 10.6. The molecule has 5 heteroatoms. The Labute approximate surface area is 128 Å². The van der Waals surface area contributed by atoms with Crippen LogP contribution in [0.4, 0.5) is 16.2 Å². The van der Waals surface area contributed by atoms with Crippen molar-refractivity contribution in [1.82, 2.24) is 0 Å². The zero-order valence-corrected chi connectivity index (χ0v) is 12.2. The van der Waals surface area contributed by atoms with E-state index in [9.17, 15) is 9.59 Å². The van der Waals surface area contributed by atoms with Crippen molar-refractivity contribution in [1.29, 1.82) is 0 Å². The van der Waals surface area contributed by atoms with Crippen LogP contribution in [-0.2, 0) is 22.6 Å². The van der Waals surface area contributed by atoms with Gasteiger partial charge >= 0.3 is 6.09 Å². The van der Waals surface area contributed by atoms with Gasteiger partial charge in [0.05, 0.1) is 6.42 Å². The van der Waals surface area contributed by atoms with Gasteiger partial charge in [0.15, 0.2) is 0 Å². The summed E-state index contributed by atoms with van der Waals surface area (Å²) in [5, 5.41) is 2.68. The van der Waals surface area contributed by atoms with Crippen LogP contribution in [0.15, 0.2) is 48.5 Å². The number of carbonyl (C=O) groups is 2. The summed E-state index contributed by atoms with van der Waals surface area (Å²) in [6.07, 6.45) is -0.151. The lowest BCUT2D eigenvalue weighted by molar-refractivity contribution is -0.117. The summed E-state index contributed by atoms with van der Waals surface area (Å²) in [6.45, 7) is 0.221. The summed E-state index contributed by atoms with van der Waals surface area (Å²) in [5.74, 6) is 0.0544. The second-order valence-electron chi connectivity index (χ2n) is 5.16. The van der Waals surface area contributed by atoms with Crippen LogP contribution in [0.5, 0.6) is 0 Å². The molecule has 22 heavy (non-hydrogen) atoms. The zero-order chi connectivity index (χ0) is 15.5. The van der Waals surface area contributed by atoms with Gasteiger partial charge in [-0.1, -0.05) is 30.3 Å². The quantitative estimate of drug-likeness (QED) is 0.947. The van der Waals surface area contributed by atoms with Crippen LogP contribution in [-0.4, -0.2) is 19.0 Å². The minimum Gasteiger partial charge on any atom is -0.444 e. The fraction of sp³-hybridized carbons (Fsp3) is 0.176. The van der Waals surface area contributed by atoms with Crippen LogP contribution >= 0.6 is 0 Å². The molecule has 2 aromatic rings. The number of rotatable bonds is 3. The predicted molar refractivity (Wildman–Crippen MR) is 83.8 cm³/mol. The Bertz CT molecular complexity index is 713. The lowest BCUT2D eigenvalue weighted by Gasteiger charge is -2.11. The van der Waals surface area contributed by atoms with Crippen molar-refractivity contribution in [3.63, 3.8) is 0 Å². The molecule has 2 amide bonds. The van der Waals surface area contributed by atoms with E-state index in [0.29, 0.717) is 12.1 Å². The van der Waals surface area contributed by atoms with Crippen LogP contribution in [0.3, 0.4) is 0 Å². The highest BCUT2D eigenvalue weighted by Crippen LogP contribution is 2.29. The van der Waals surface area contributed by atoms with Crippen molar-refractivity contribution in [2.75, 3.05) is 17.3 Å². The molecule has 1 heterocycles. The van der Waals surface area contributed by atoms with Gasteiger partial charge in [0.1, 0.15) is 6.61 Å². The van der Waals surface area contributed by atoms with Crippen molar-refractivity contribution in [2.24, 2.45) is 0 Å². The van der Waals surface area contributed by atoms with E-state index in [1.807, 2.05) is 36.4 Å². The van der Waals surface area contributed by atoms with Gasteiger partial charge in [-0.3, -0.25) is 10.1 Å². The molecule has 5 nitrogen and oxygen atoms in total. The molecular weight excluding hydrogens is 280 g/mol. The molecule has 0 fully saturated rings. The standard InChI is InChI=1S/C17H16N2O3/c1-19-15-8-7-14(9-13(15)10-16(19)20)18-17(21)22-11-12-5-3-2-4-6-12/h2-9H,10-11H2,1H3,(H,18,21). The Morgan fingerprint density at radius 1 is 1.23 bits per heavy atom. The van der Waals surface area contributed by atoms with E-state index >= 15 is 0 Å². The third kappa shape index (κ3) is 2.93. The molecule has 0 bridgehead atoms. The number of nitrogens with zero attached hydrogens (tertiary/aromatic N) is 1. The van der Waals surface area contributed by atoms with Gasteiger partial charge in [0, 0.05) is 18.4 Å². The highest BCUT2D eigenvalue weighted by atomic mass is 16.5. The van der Waals surface area contributed by atoms with Gasteiger partial charge in [-0.15, -0.1) is 0 Å². The Kier molecular flexibility index (Phi) is 3.78. The molecule has 1 aliphatic rings. The van der Waals surface area contributed by atoms with Crippen molar-refractivity contribution in [2.45, 2.75) is 13.0 Å². The van der Waals surface area contributed by atoms with E-state index in [2.05, 4.69) is 5.32 Å². The molecule has 0 unspecified atom stereocenters. The summed E-state index contributed by atoms with van der Waals surface area (Å²) in [5.41, 5.74) is 3.35. The maximum atomic E-state index is 11.8. The molecule has 0 aromatic heterocycles. The average Bonchev–Trinajstić information content (AvgIpc) is 2.81. The van der Waals surface area contributed by atoms with Crippen molar-refractivity contribution in [3.05, 3.63) is 59.7 Å². The zero-order valence-electron chi connectivity index (χ0n) is 12.2. The van der Waals surface area contributed by atoms with Crippen LogP contribution in [0, 0.1) is 0 Å². The van der Waals surface area contributed by atoms with Crippen molar-refractivity contribution >= 4 is 23.4 Å². The number of hydrogen-bond acceptors (Lipinski definition) is 3. The van der Waals surface area contributed by atoms with Crippen LogP contribution in [0.2, 0.25) is 0 Å². The molecule has 2 aromatic carbocycles. The first-order valence-electron chi connectivity index (χ1n) is 7.00. The highest BCUT2D eigenvalue weighted by molar-refractivity contribution is 6.01. The molecule has 0 saturated carbocycles. The van der Waals surface area contributed by atoms with Gasteiger partial charge in [0.25, 0.3) is 0 Å². The third-order valence-corrected chi connectivity index (χ3v) is 3.62. The summed E-state index contributed by atoms with van der Waals surface area (Å²) in [7, 11) is 1.75. The highest BCUT2D eigenvalue weighted by Gasteiger charge is 2.24. The summed E-state index contributed by atoms with van der Waals surface area (Å²) in [4.78, 5) is 25.1. The fourth-order valence-electron chi connectivity index (χ4n) is 2.42. The molecule has 1 aliphatic heterocycles. The Morgan fingerprint density at radius 3 is 2.77 bits per heavy atom. The topological polar surface area (TPSA) is 58.6 Å². The van der Waals surface area contributed by atoms with E-state index in [1.165, 1.54) is 0 Å². The molecule has 112 valence electrons. The second kappa shape index (κ2) is 5.89. The first kappa shape index (κ1) is 14.1.